The van der Waals surface area contributed by atoms with Crippen molar-refractivity contribution in [3.05, 3.63) is 71.9 Å². The Morgan fingerprint density at radius 3 is 2.57 bits per heavy atom. The van der Waals surface area contributed by atoms with E-state index in [2.05, 4.69) is 30.7 Å². The summed E-state index contributed by atoms with van der Waals surface area (Å²) < 4.78 is 7.61. The number of hydrogen-bond donors (Lipinski definition) is 2. The molecular weight excluding hydrogens is 469 g/mol. The Kier molecular flexibility index (Phi) is 8.66. The SMILES string of the molecule is CN=C(NCc1cccnc1OCc1ccccc1)NCc1ncnn1C.I. The number of hydrogen-bond acceptors (Lipinski definition) is 5. The highest BCUT2D eigenvalue weighted by Crippen LogP contribution is 2.15. The summed E-state index contributed by atoms with van der Waals surface area (Å²) >= 11 is 0. The molecule has 8 nitrogen and oxygen atoms in total. The van der Waals surface area contributed by atoms with Crippen LogP contribution in [0.1, 0.15) is 17.0 Å². The molecule has 3 rings (SSSR count). The van der Waals surface area contributed by atoms with Crippen molar-refractivity contribution in [2.45, 2.75) is 19.7 Å². The lowest BCUT2D eigenvalue weighted by Crippen LogP contribution is -2.37. The monoisotopic (exact) mass is 493 g/mol. The van der Waals surface area contributed by atoms with Gasteiger partial charge in [0.1, 0.15) is 18.8 Å². The van der Waals surface area contributed by atoms with Crippen molar-refractivity contribution in [3.63, 3.8) is 0 Å². The van der Waals surface area contributed by atoms with Crippen molar-refractivity contribution in [3.8, 4) is 5.88 Å². The minimum atomic E-state index is 0. The lowest BCUT2D eigenvalue weighted by atomic mass is 10.2. The summed E-state index contributed by atoms with van der Waals surface area (Å²) in [6, 6.07) is 13.9. The van der Waals surface area contributed by atoms with Crippen LogP contribution in [0.15, 0.2) is 60.0 Å². The Bertz CT molecular complexity index is 883. The van der Waals surface area contributed by atoms with Gasteiger partial charge in [-0.1, -0.05) is 36.4 Å². The molecule has 0 fully saturated rings. The highest BCUT2D eigenvalue weighted by molar-refractivity contribution is 14.0. The summed E-state index contributed by atoms with van der Waals surface area (Å²) in [5, 5.41) is 10.5. The molecule has 28 heavy (non-hydrogen) atoms. The number of benzene rings is 1. The number of nitrogens with one attached hydrogen (secondary N) is 2. The molecule has 9 heteroatoms. The Hall–Kier alpha value is -2.69. The summed E-state index contributed by atoms with van der Waals surface area (Å²) in [4.78, 5) is 12.8. The molecule has 0 saturated heterocycles. The molecule has 3 aromatic rings. The van der Waals surface area contributed by atoms with Gasteiger partial charge in [0.05, 0.1) is 6.54 Å². The van der Waals surface area contributed by atoms with Gasteiger partial charge in [-0.25, -0.2) is 9.97 Å². The van der Waals surface area contributed by atoms with Crippen molar-refractivity contribution >= 4 is 29.9 Å². The van der Waals surface area contributed by atoms with E-state index in [0.29, 0.717) is 31.5 Å². The molecule has 0 amide bonds. The highest BCUT2D eigenvalue weighted by Gasteiger charge is 2.07. The van der Waals surface area contributed by atoms with Crippen LogP contribution in [0.25, 0.3) is 0 Å². The van der Waals surface area contributed by atoms with E-state index in [9.17, 15) is 0 Å². The second-order valence-electron chi connectivity index (χ2n) is 5.82. The van der Waals surface area contributed by atoms with Gasteiger partial charge in [0.2, 0.25) is 5.88 Å². The lowest BCUT2D eigenvalue weighted by molar-refractivity contribution is 0.290. The van der Waals surface area contributed by atoms with E-state index in [0.717, 1.165) is 17.0 Å². The number of halogens is 1. The summed E-state index contributed by atoms with van der Waals surface area (Å²) in [5.74, 6) is 2.10. The Balaban J connectivity index is 0.00000280. The van der Waals surface area contributed by atoms with E-state index in [1.165, 1.54) is 6.33 Å². The smallest absolute Gasteiger partial charge is 0.218 e. The first-order chi connectivity index (χ1) is 13.3. The first-order valence-corrected chi connectivity index (χ1v) is 8.64. The van der Waals surface area contributed by atoms with Crippen molar-refractivity contribution in [1.82, 2.24) is 30.4 Å². The van der Waals surface area contributed by atoms with Gasteiger partial charge in [-0.05, 0) is 11.6 Å². The normalized spacial score (nSPS) is 10.9. The highest BCUT2D eigenvalue weighted by atomic mass is 127. The predicted molar refractivity (Wildman–Crippen MR) is 118 cm³/mol. The maximum absolute atomic E-state index is 5.89. The summed E-state index contributed by atoms with van der Waals surface area (Å²) in [6.45, 7) is 1.54. The minimum absolute atomic E-state index is 0. The molecule has 1 aromatic carbocycles. The quantitative estimate of drug-likeness (QED) is 0.298. The molecular formula is C19H24IN7O. The number of aliphatic imine (C=N–C) groups is 1. The van der Waals surface area contributed by atoms with Crippen LogP contribution in [0.2, 0.25) is 0 Å². The standard InChI is InChI=1S/C19H23N7O.HI/c1-20-19(23-12-17-24-14-25-26(17)2)22-11-16-9-6-10-21-18(16)27-13-15-7-4-3-5-8-15;/h3-10,14H,11-13H2,1-2H3,(H2,20,22,23);1H. The number of aromatic nitrogens is 4. The van der Waals surface area contributed by atoms with Crippen LogP contribution >= 0.6 is 24.0 Å². The van der Waals surface area contributed by atoms with E-state index in [4.69, 9.17) is 4.74 Å². The van der Waals surface area contributed by atoms with E-state index in [1.807, 2.05) is 49.5 Å². The molecule has 0 aliphatic carbocycles. The van der Waals surface area contributed by atoms with Gasteiger partial charge in [0.15, 0.2) is 5.96 Å². The molecule has 0 atom stereocenters. The van der Waals surface area contributed by atoms with Gasteiger partial charge in [0, 0.05) is 32.4 Å². The fourth-order valence-electron chi connectivity index (χ4n) is 2.46. The van der Waals surface area contributed by atoms with Crippen LogP contribution in [0, 0.1) is 0 Å². The van der Waals surface area contributed by atoms with Crippen molar-refractivity contribution in [2.75, 3.05) is 7.05 Å². The summed E-state index contributed by atoms with van der Waals surface area (Å²) in [7, 11) is 3.58. The van der Waals surface area contributed by atoms with Gasteiger partial charge >= 0.3 is 0 Å². The molecule has 148 valence electrons. The maximum atomic E-state index is 5.89. The van der Waals surface area contributed by atoms with Crippen molar-refractivity contribution in [2.24, 2.45) is 12.0 Å². The molecule has 0 unspecified atom stereocenters. The zero-order valence-corrected chi connectivity index (χ0v) is 18.2. The van der Waals surface area contributed by atoms with E-state index in [-0.39, 0.29) is 24.0 Å². The second-order valence-corrected chi connectivity index (χ2v) is 5.82. The average Bonchev–Trinajstić information content (AvgIpc) is 3.13. The first-order valence-electron chi connectivity index (χ1n) is 8.64. The van der Waals surface area contributed by atoms with E-state index < -0.39 is 0 Å². The number of rotatable bonds is 7. The Labute approximate surface area is 181 Å². The Morgan fingerprint density at radius 2 is 1.86 bits per heavy atom. The number of ether oxygens (including phenoxy) is 1. The third kappa shape index (κ3) is 6.19. The van der Waals surface area contributed by atoms with Crippen LogP contribution < -0.4 is 15.4 Å². The van der Waals surface area contributed by atoms with Gasteiger partial charge in [-0.15, -0.1) is 24.0 Å². The maximum Gasteiger partial charge on any atom is 0.218 e. The summed E-state index contributed by atoms with van der Waals surface area (Å²) in [6.07, 6.45) is 3.25. The fraction of sp³-hybridized carbons (Fsp3) is 0.263. The number of aryl methyl sites for hydroxylation is 1. The van der Waals surface area contributed by atoms with Crippen LogP contribution in [0.3, 0.4) is 0 Å². The zero-order chi connectivity index (χ0) is 18.9. The molecule has 0 saturated carbocycles. The molecule has 0 aliphatic rings. The third-order valence-corrected chi connectivity index (χ3v) is 3.96. The van der Waals surface area contributed by atoms with Gasteiger partial charge < -0.3 is 15.4 Å². The average molecular weight is 493 g/mol. The topological polar surface area (TPSA) is 89.2 Å². The van der Waals surface area contributed by atoms with Crippen molar-refractivity contribution < 1.29 is 4.74 Å². The fourth-order valence-corrected chi connectivity index (χ4v) is 2.46. The van der Waals surface area contributed by atoms with Gasteiger partial charge in [-0.3, -0.25) is 9.67 Å². The summed E-state index contributed by atoms with van der Waals surface area (Å²) in [5.41, 5.74) is 2.05. The number of pyridine rings is 1. The largest absolute Gasteiger partial charge is 0.473 e. The molecule has 0 aliphatic heterocycles. The van der Waals surface area contributed by atoms with Gasteiger partial charge in [0.25, 0.3) is 0 Å². The zero-order valence-electron chi connectivity index (χ0n) is 15.9. The number of guanidine groups is 1. The van der Waals surface area contributed by atoms with Crippen LogP contribution in [0.5, 0.6) is 5.88 Å². The molecule has 0 bridgehead atoms. The van der Waals surface area contributed by atoms with E-state index >= 15 is 0 Å². The Morgan fingerprint density at radius 1 is 1.07 bits per heavy atom. The molecule has 0 spiro atoms. The molecule has 2 heterocycles. The first kappa shape index (κ1) is 21.6. The third-order valence-electron chi connectivity index (χ3n) is 3.96. The van der Waals surface area contributed by atoms with E-state index in [1.54, 1.807) is 17.9 Å². The van der Waals surface area contributed by atoms with Crippen LogP contribution in [-0.2, 0) is 26.7 Å². The molecule has 2 N–H and O–H groups in total. The minimum Gasteiger partial charge on any atom is -0.473 e. The molecule has 2 aromatic heterocycles. The molecule has 0 radical (unpaired) electrons. The van der Waals surface area contributed by atoms with Crippen molar-refractivity contribution in [1.29, 1.82) is 0 Å². The van der Waals surface area contributed by atoms with Crippen LogP contribution in [-0.4, -0.2) is 32.8 Å². The number of nitrogens with zero attached hydrogens (tertiary/aromatic N) is 5. The predicted octanol–water partition coefficient (Wildman–Crippen LogP) is 2.27. The second kappa shape index (κ2) is 11.2. The van der Waals surface area contributed by atoms with Crippen LogP contribution in [0.4, 0.5) is 0 Å². The lowest BCUT2D eigenvalue weighted by Gasteiger charge is -2.14. The van der Waals surface area contributed by atoms with Gasteiger partial charge in [-0.2, -0.15) is 5.10 Å².